The topological polar surface area (TPSA) is 72.0 Å². The normalized spacial score (nSPS) is 16.2. The summed E-state index contributed by atoms with van der Waals surface area (Å²) in [5.41, 5.74) is -2.85. The standard InChI is InChI=1S/C24H25F6N3O4/c1-14(2)36-22(35)37-33-9-5-7-20(19-6-4-8-31-21(19)33)32(15(3)34)13-16-10-17(23(25,26)27)12-18(11-16)24(28,29)30/h4,6,8,10-12,14,20H,5,7,9,13H2,1-3H3. The molecular formula is C24H25F6N3O4. The van der Waals surface area contributed by atoms with Crippen LogP contribution in [-0.2, 0) is 33.3 Å². The van der Waals surface area contributed by atoms with Crippen molar-refractivity contribution in [1.29, 1.82) is 0 Å². The lowest BCUT2D eigenvalue weighted by Crippen LogP contribution is -2.33. The molecule has 1 aromatic heterocycles. The monoisotopic (exact) mass is 533 g/mol. The smallest absolute Gasteiger partial charge is 0.430 e. The van der Waals surface area contributed by atoms with E-state index >= 15 is 0 Å². The molecule has 0 N–H and O–H groups in total. The van der Waals surface area contributed by atoms with Crippen molar-refractivity contribution in [3.8, 4) is 0 Å². The van der Waals surface area contributed by atoms with Crippen molar-refractivity contribution < 1.29 is 45.5 Å². The van der Waals surface area contributed by atoms with Gasteiger partial charge in [0.25, 0.3) is 0 Å². The SMILES string of the molecule is CC(=O)N(Cc1cc(C(F)(F)F)cc(C(F)(F)F)c1)C1CCCN(OC(=O)OC(C)C)c2ncccc21. The lowest BCUT2D eigenvalue weighted by molar-refractivity contribution is -0.143. The van der Waals surface area contributed by atoms with Crippen LogP contribution in [0.3, 0.4) is 0 Å². The maximum absolute atomic E-state index is 13.4. The van der Waals surface area contributed by atoms with Crippen molar-refractivity contribution in [2.75, 3.05) is 11.6 Å². The van der Waals surface area contributed by atoms with Crippen molar-refractivity contribution in [3.05, 3.63) is 58.8 Å². The van der Waals surface area contributed by atoms with Gasteiger partial charge in [-0.25, -0.2) is 9.78 Å². The molecule has 0 fully saturated rings. The molecule has 0 spiro atoms. The third-order valence-corrected chi connectivity index (χ3v) is 5.55. The van der Waals surface area contributed by atoms with Gasteiger partial charge in [0.1, 0.15) is 0 Å². The highest BCUT2D eigenvalue weighted by Crippen LogP contribution is 2.39. The number of anilines is 1. The molecule has 1 aliphatic heterocycles. The Kier molecular flexibility index (Phi) is 8.23. The van der Waals surface area contributed by atoms with Gasteiger partial charge in [-0.1, -0.05) is 6.07 Å². The van der Waals surface area contributed by atoms with Crippen LogP contribution in [0.25, 0.3) is 0 Å². The zero-order valence-corrected chi connectivity index (χ0v) is 20.2. The maximum Gasteiger partial charge on any atom is 0.533 e. The minimum atomic E-state index is -5.02. The summed E-state index contributed by atoms with van der Waals surface area (Å²) in [5.74, 6) is -0.392. The van der Waals surface area contributed by atoms with Crippen LogP contribution in [0.15, 0.2) is 36.5 Å². The number of rotatable bonds is 5. The van der Waals surface area contributed by atoms with Gasteiger partial charge in [0.05, 0.1) is 29.8 Å². The van der Waals surface area contributed by atoms with Crippen molar-refractivity contribution in [1.82, 2.24) is 9.88 Å². The predicted molar refractivity (Wildman–Crippen MR) is 119 cm³/mol. The van der Waals surface area contributed by atoms with Gasteiger partial charge in [-0.05, 0) is 56.5 Å². The molecule has 0 saturated carbocycles. The molecule has 1 atom stereocenters. The number of hydrogen-bond acceptors (Lipinski definition) is 6. The number of hydroxylamine groups is 1. The molecule has 0 bridgehead atoms. The first-order valence-electron chi connectivity index (χ1n) is 11.3. The first kappa shape index (κ1) is 28.1. The number of ether oxygens (including phenoxy) is 1. The van der Waals surface area contributed by atoms with Crippen molar-refractivity contribution >= 4 is 17.9 Å². The van der Waals surface area contributed by atoms with Crippen molar-refractivity contribution in [2.45, 2.75) is 64.7 Å². The van der Waals surface area contributed by atoms with Crippen LogP contribution in [0.4, 0.5) is 37.0 Å². The lowest BCUT2D eigenvalue weighted by atomic mass is 9.99. The molecule has 2 aromatic rings. The number of carbonyl (C=O) groups excluding carboxylic acids is 2. The summed E-state index contributed by atoms with van der Waals surface area (Å²) in [6.45, 7) is 4.09. The summed E-state index contributed by atoms with van der Waals surface area (Å²) in [6, 6.07) is 3.64. The molecule has 2 heterocycles. The van der Waals surface area contributed by atoms with Crippen LogP contribution in [0.1, 0.15) is 61.9 Å². The Morgan fingerprint density at radius 3 is 2.27 bits per heavy atom. The molecule has 0 radical (unpaired) electrons. The Morgan fingerprint density at radius 2 is 1.73 bits per heavy atom. The third-order valence-electron chi connectivity index (χ3n) is 5.55. The number of amides is 1. The molecule has 3 rings (SSSR count). The molecule has 202 valence electrons. The lowest BCUT2D eigenvalue weighted by Gasteiger charge is -2.32. The van der Waals surface area contributed by atoms with Crippen molar-refractivity contribution in [3.63, 3.8) is 0 Å². The van der Waals surface area contributed by atoms with Crippen LogP contribution in [0.2, 0.25) is 0 Å². The first-order valence-corrected chi connectivity index (χ1v) is 11.3. The molecular weight excluding hydrogens is 508 g/mol. The average molecular weight is 533 g/mol. The van der Waals surface area contributed by atoms with Crippen molar-refractivity contribution in [2.24, 2.45) is 0 Å². The van der Waals surface area contributed by atoms with E-state index in [1.165, 1.54) is 23.1 Å². The molecule has 0 saturated heterocycles. The average Bonchev–Trinajstić information content (AvgIpc) is 2.95. The number of alkyl halides is 6. The van der Waals surface area contributed by atoms with Crippen LogP contribution in [0.5, 0.6) is 0 Å². The minimum Gasteiger partial charge on any atom is -0.430 e. The number of halogens is 6. The molecule has 13 heteroatoms. The van der Waals surface area contributed by atoms with Crippen LogP contribution in [0, 0.1) is 0 Å². The zero-order valence-electron chi connectivity index (χ0n) is 20.2. The first-order chi connectivity index (χ1) is 17.2. The second kappa shape index (κ2) is 10.9. The molecule has 1 unspecified atom stereocenters. The molecule has 1 aliphatic rings. The molecule has 1 amide bonds. The summed E-state index contributed by atoms with van der Waals surface area (Å²) < 4.78 is 85.1. The minimum absolute atomic E-state index is 0.0396. The Balaban J connectivity index is 2.00. The molecule has 37 heavy (non-hydrogen) atoms. The number of pyridine rings is 1. The van der Waals surface area contributed by atoms with E-state index in [9.17, 15) is 35.9 Å². The van der Waals surface area contributed by atoms with Crippen LogP contribution in [-0.4, -0.2) is 34.6 Å². The van der Waals surface area contributed by atoms with E-state index in [2.05, 4.69) is 4.98 Å². The Morgan fingerprint density at radius 1 is 1.11 bits per heavy atom. The Hall–Kier alpha value is -3.51. The number of aromatic nitrogens is 1. The number of benzene rings is 1. The zero-order chi connectivity index (χ0) is 27.5. The van der Waals surface area contributed by atoms with E-state index in [1.54, 1.807) is 26.0 Å². The second-order valence-corrected chi connectivity index (χ2v) is 8.75. The third kappa shape index (κ3) is 7.04. The van der Waals surface area contributed by atoms with Gasteiger partial charge in [0.15, 0.2) is 5.82 Å². The van der Waals surface area contributed by atoms with Gasteiger partial charge in [-0.3, -0.25) is 4.79 Å². The van der Waals surface area contributed by atoms with E-state index in [1.807, 2.05) is 0 Å². The second-order valence-electron chi connectivity index (χ2n) is 8.75. The number of nitrogens with zero attached hydrogens (tertiary/aromatic N) is 3. The largest absolute Gasteiger partial charge is 0.533 e. The predicted octanol–water partition coefficient (Wildman–Crippen LogP) is 6.29. The van der Waals surface area contributed by atoms with Gasteiger partial charge in [0.2, 0.25) is 5.91 Å². The summed E-state index contributed by atoms with van der Waals surface area (Å²) in [7, 11) is 0. The number of fused-ring (bicyclic) bond motifs is 1. The highest BCUT2D eigenvalue weighted by atomic mass is 19.4. The summed E-state index contributed by atoms with van der Waals surface area (Å²) in [6.07, 6.45) is -9.39. The highest BCUT2D eigenvalue weighted by molar-refractivity contribution is 5.74. The number of hydrogen-bond donors (Lipinski definition) is 0. The highest BCUT2D eigenvalue weighted by Gasteiger charge is 2.38. The van der Waals surface area contributed by atoms with Gasteiger partial charge < -0.3 is 14.5 Å². The fourth-order valence-electron chi connectivity index (χ4n) is 4.03. The fourth-order valence-corrected chi connectivity index (χ4v) is 4.03. The molecule has 7 nitrogen and oxygen atoms in total. The van der Waals surface area contributed by atoms with E-state index in [4.69, 9.17) is 9.57 Å². The quantitative estimate of drug-likeness (QED) is 0.333. The Bertz CT molecular complexity index is 1100. The molecule has 0 aliphatic carbocycles. The summed E-state index contributed by atoms with van der Waals surface area (Å²) in [5, 5.41) is 1.20. The van der Waals surface area contributed by atoms with E-state index in [-0.39, 0.29) is 30.4 Å². The van der Waals surface area contributed by atoms with E-state index in [0.29, 0.717) is 24.1 Å². The Labute approximate surface area is 208 Å². The van der Waals surface area contributed by atoms with Gasteiger partial charge >= 0.3 is 18.5 Å². The van der Waals surface area contributed by atoms with E-state index in [0.717, 1.165) is 0 Å². The van der Waals surface area contributed by atoms with E-state index < -0.39 is 54.2 Å². The molecule has 1 aromatic carbocycles. The van der Waals surface area contributed by atoms with Gasteiger partial charge in [-0.15, -0.1) is 0 Å². The van der Waals surface area contributed by atoms with Crippen LogP contribution < -0.4 is 5.06 Å². The summed E-state index contributed by atoms with van der Waals surface area (Å²) >= 11 is 0. The summed E-state index contributed by atoms with van der Waals surface area (Å²) in [4.78, 5) is 35.4. The van der Waals surface area contributed by atoms with Crippen LogP contribution >= 0.6 is 0 Å². The van der Waals surface area contributed by atoms with Gasteiger partial charge in [0, 0.05) is 25.2 Å². The number of carbonyl (C=O) groups is 2. The maximum atomic E-state index is 13.4. The van der Waals surface area contributed by atoms with Gasteiger partial charge in [-0.2, -0.15) is 31.4 Å². The fraction of sp³-hybridized carbons (Fsp3) is 0.458.